The standard InChI is InChI=1S/C21H43Cl3O10S/c1-25-2-3-26-4-5-27-6-7-28-8-9-29-10-11-30-12-13-31-14-15-32-16-17-33-18-19-34-20-21-35(22,23)24/h2-21H2,1H3. The van der Waals surface area contributed by atoms with E-state index in [1.54, 1.807) is 7.11 Å². The summed E-state index contributed by atoms with van der Waals surface area (Å²) in [5, 5.41) is 0. The smallest absolute Gasteiger partial charge is 0.0701 e. The van der Waals surface area contributed by atoms with Crippen molar-refractivity contribution in [3.63, 3.8) is 0 Å². The van der Waals surface area contributed by atoms with Crippen LogP contribution in [-0.2, 0) is 47.4 Å². The Balaban J connectivity index is 3.03. The van der Waals surface area contributed by atoms with Crippen molar-refractivity contribution in [1.29, 1.82) is 0 Å². The van der Waals surface area contributed by atoms with Gasteiger partial charge in [0.05, 0.1) is 126 Å². The van der Waals surface area contributed by atoms with Crippen molar-refractivity contribution in [3.8, 4) is 0 Å². The van der Waals surface area contributed by atoms with Crippen LogP contribution in [0.3, 0.4) is 0 Å². The minimum absolute atomic E-state index is 0.416. The third kappa shape index (κ3) is 34.8. The van der Waals surface area contributed by atoms with Crippen LogP contribution >= 0.6 is 39.7 Å². The van der Waals surface area contributed by atoms with Crippen LogP contribution in [0.1, 0.15) is 0 Å². The summed E-state index contributed by atoms with van der Waals surface area (Å²) in [4.78, 5) is 0. The Bertz CT molecular complexity index is 412. The van der Waals surface area contributed by atoms with Crippen LogP contribution in [0.2, 0.25) is 0 Å². The van der Waals surface area contributed by atoms with Gasteiger partial charge in [0.25, 0.3) is 0 Å². The Morgan fingerprint density at radius 2 is 0.543 bits per heavy atom. The van der Waals surface area contributed by atoms with Crippen molar-refractivity contribution in [2.45, 2.75) is 0 Å². The first kappa shape index (κ1) is 35.8. The first-order valence-corrected chi connectivity index (χ1v) is 15.9. The highest BCUT2D eigenvalue weighted by atomic mass is 36.2. The van der Waals surface area contributed by atoms with Crippen molar-refractivity contribution in [3.05, 3.63) is 0 Å². The van der Waals surface area contributed by atoms with Gasteiger partial charge in [-0.1, -0.05) is 0 Å². The SMILES string of the molecule is COCCOCCOCCOCCOCCOCCOCCOCCOCCOCCS(Cl)(Cl)Cl. The van der Waals surface area contributed by atoms with E-state index in [9.17, 15) is 0 Å². The summed E-state index contributed by atoms with van der Waals surface area (Å²) in [6, 6.07) is 0. The molecule has 0 aromatic carbocycles. The number of hydrogen-bond acceptors (Lipinski definition) is 10. The van der Waals surface area contributed by atoms with Gasteiger partial charge in [-0.25, -0.2) is 0 Å². The first-order chi connectivity index (χ1) is 17.1. The molecular weight excluding hydrogens is 551 g/mol. The molecule has 0 radical (unpaired) electrons. The fourth-order valence-corrected chi connectivity index (χ4v) is 3.03. The maximum atomic E-state index is 5.70. The molecule has 10 nitrogen and oxygen atoms in total. The van der Waals surface area contributed by atoms with Gasteiger partial charge < -0.3 is 47.4 Å². The molecule has 0 unspecified atom stereocenters. The minimum atomic E-state index is -2.06. The van der Waals surface area contributed by atoms with E-state index in [2.05, 4.69) is 0 Å². The second-order valence-corrected chi connectivity index (χ2v) is 14.3. The zero-order chi connectivity index (χ0) is 25.7. The predicted octanol–water partition coefficient (Wildman–Crippen LogP) is 3.05. The maximum absolute atomic E-state index is 5.70. The molecule has 0 atom stereocenters. The van der Waals surface area contributed by atoms with E-state index in [0.717, 1.165) is 0 Å². The van der Waals surface area contributed by atoms with Gasteiger partial charge in [0.2, 0.25) is 0 Å². The van der Waals surface area contributed by atoms with Crippen molar-refractivity contribution in [1.82, 2.24) is 0 Å². The highest BCUT2D eigenvalue weighted by Gasteiger charge is 2.12. The van der Waals surface area contributed by atoms with E-state index in [-0.39, 0.29) is 0 Å². The fraction of sp³-hybridized carbons (Fsp3) is 1.00. The third-order valence-electron chi connectivity index (χ3n) is 3.87. The number of methoxy groups -OCH3 is 1. The maximum Gasteiger partial charge on any atom is 0.0701 e. The summed E-state index contributed by atoms with van der Waals surface area (Å²) in [7, 11) is 16.7. The molecule has 0 fully saturated rings. The van der Waals surface area contributed by atoms with Gasteiger partial charge in [0.1, 0.15) is 0 Å². The van der Waals surface area contributed by atoms with Gasteiger partial charge in [-0.15, -0.1) is 0 Å². The van der Waals surface area contributed by atoms with Crippen LogP contribution in [0, 0.1) is 0 Å². The zero-order valence-corrected chi connectivity index (χ0v) is 23.9. The van der Waals surface area contributed by atoms with Crippen LogP contribution in [0.4, 0.5) is 0 Å². The number of ether oxygens (including phenoxy) is 10. The highest BCUT2D eigenvalue weighted by molar-refractivity contribution is 8.79. The van der Waals surface area contributed by atoms with Gasteiger partial charge in [0, 0.05) is 12.9 Å². The lowest BCUT2D eigenvalue weighted by atomic mass is 10.6. The molecule has 0 saturated heterocycles. The van der Waals surface area contributed by atoms with Gasteiger partial charge >= 0.3 is 0 Å². The van der Waals surface area contributed by atoms with Crippen molar-refractivity contribution < 1.29 is 47.4 Å². The molecule has 35 heavy (non-hydrogen) atoms. The highest BCUT2D eigenvalue weighted by Crippen LogP contribution is 2.62. The summed E-state index contributed by atoms with van der Waals surface area (Å²) >= 11 is 0. The average molecular weight is 594 g/mol. The Hall–Kier alpha value is 0.820. The van der Waals surface area contributed by atoms with E-state index >= 15 is 0 Å². The van der Waals surface area contributed by atoms with Crippen LogP contribution in [-0.4, -0.2) is 138 Å². The lowest BCUT2D eigenvalue weighted by Gasteiger charge is -2.14. The molecule has 0 saturated carbocycles. The molecule has 0 aromatic heterocycles. The third-order valence-corrected chi connectivity index (χ3v) is 5.89. The first-order valence-electron chi connectivity index (χ1n) is 11.6. The second kappa shape index (κ2) is 29.4. The van der Waals surface area contributed by atoms with Crippen molar-refractivity contribution >= 4 is 39.7 Å². The predicted molar refractivity (Wildman–Crippen MR) is 139 cm³/mol. The minimum Gasteiger partial charge on any atom is -0.382 e. The summed E-state index contributed by atoms with van der Waals surface area (Å²) in [6.07, 6.45) is 0. The quantitative estimate of drug-likeness (QED) is 0.116. The Kier molecular flexibility index (Phi) is 30.1. The molecule has 0 heterocycles. The van der Waals surface area contributed by atoms with Gasteiger partial charge in [-0.05, 0) is 39.7 Å². The van der Waals surface area contributed by atoms with Crippen molar-refractivity contribution in [2.24, 2.45) is 0 Å². The van der Waals surface area contributed by atoms with E-state index in [1.165, 1.54) is 0 Å². The Labute approximate surface area is 225 Å². The molecule has 0 bridgehead atoms. The molecule has 0 aliphatic rings. The van der Waals surface area contributed by atoms with Crippen LogP contribution in [0.5, 0.6) is 0 Å². The summed E-state index contributed by atoms with van der Waals surface area (Å²) in [5.74, 6) is 0.431. The molecule has 0 aromatic rings. The largest absolute Gasteiger partial charge is 0.382 e. The van der Waals surface area contributed by atoms with Gasteiger partial charge in [-0.3, -0.25) is 0 Å². The number of rotatable bonds is 30. The molecule has 0 aliphatic heterocycles. The van der Waals surface area contributed by atoms with E-state index in [1.807, 2.05) is 0 Å². The molecule has 0 rings (SSSR count). The Morgan fingerprint density at radius 1 is 0.343 bits per heavy atom. The normalized spacial score (nSPS) is 12.5. The van der Waals surface area contributed by atoms with Crippen LogP contribution in [0.15, 0.2) is 0 Å². The summed E-state index contributed by atoms with van der Waals surface area (Å²) in [5.41, 5.74) is 0. The van der Waals surface area contributed by atoms with E-state index < -0.39 is 7.67 Å². The molecule has 214 valence electrons. The summed E-state index contributed by atoms with van der Waals surface area (Å²) < 4.78 is 53.3. The summed E-state index contributed by atoms with van der Waals surface area (Å²) in [6.45, 7) is 9.78. The van der Waals surface area contributed by atoms with E-state index in [0.29, 0.717) is 131 Å². The lowest BCUT2D eigenvalue weighted by Crippen LogP contribution is -2.15. The molecule has 0 amide bonds. The Morgan fingerprint density at radius 3 is 0.743 bits per heavy atom. The van der Waals surface area contributed by atoms with Crippen molar-refractivity contribution in [2.75, 3.05) is 138 Å². The second-order valence-electron chi connectivity index (χ2n) is 6.71. The fourth-order valence-electron chi connectivity index (χ4n) is 2.16. The van der Waals surface area contributed by atoms with Gasteiger partial charge in [-0.2, -0.15) is 0 Å². The molecule has 0 aliphatic carbocycles. The van der Waals surface area contributed by atoms with Crippen LogP contribution < -0.4 is 0 Å². The van der Waals surface area contributed by atoms with Gasteiger partial charge in [0.15, 0.2) is 0 Å². The molecular formula is C21H43Cl3O10S. The monoisotopic (exact) mass is 592 g/mol. The number of hydrogen-bond donors (Lipinski definition) is 0. The molecule has 0 spiro atoms. The lowest BCUT2D eigenvalue weighted by molar-refractivity contribution is -0.0256. The van der Waals surface area contributed by atoms with Crippen LogP contribution in [0.25, 0.3) is 0 Å². The number of halogens is 3. The molecule has 14 heteroatoms. The average Bonchev–Trinajstić information content (AvgIpc) is 2.82. The van der Waals surface area contributed by atoms with E-state index in [4.69, 9.17) is 79.4 Å². The molecule has 0 N–H and O–H groups in total. The topological polar surface area (TPSA) is 92.3 Å². The zero-order valence-electron chi connectivity index (χ0n) is 20.8.